The number of benzene rings is 3. The SMILES string of the molecule is CS(=O)(=O)N1CCC(C(=O)N[C@@H](COCc2ccc(C(=O)NCCNc3ccc4c(c3)C(=O)N(C3CCC(=O)NC3=O)C4=O)cc2)C(=O)NC2NC(c3ccccc3)CS2)C1. The molecule has 7 rings (SSSR count). The van der Waals surface area contributed by atoms with Gasteiger partial charge < -0.3 is 26.0 Å². The molecule has 0 radical (unpaired) electrons. The standard InChI is InChI=1S/C41H46N8O10S2/c1-61(57,58)48-18-15-27(20-48)36(52)44-31(37(53)47-41-45-32(23-60-41)25-5-3-2-4-6-25)22-59-21-24-7-9-26(10-8-24)35(51)43-17-16-42-28-11-12-29-30(19-28)40(56)49(39(29)55)33-13-14-34(50)46-38(33)54/h2-12,19,27,31-33,41-42,45H,13-18,20-23H2,1H3,(H,43,51)(H,44,52)(H,47,53)(H,46,50,54)/t27?,31-,32?,33?,41?/m0/s1. The van der Waals surface area contributed by atoms with Gasteiger partial charge in [-0.05, 0) is 54.3 Å². The number of nitrogens with zero attached hydrogens (tertiary/aromatic N) is 2. The zero-order valence-corrected chi connectivity index (χ0v) is 34.8. The number of imide groups is 2. The Bertz CT molecular complexity index is 2310. The highest BCUT2D eigenvalue weighted by molar-refractivity contribution is 8.00. The first kappa shape index (κ1) is 43.4. The van der Waals surface area contributed by atoms with E-state index in [0.29, 0.717) is 29.8 Å². The Labute approximate surface area is 356 Å². The van der Waals surface area contributed by atoms with Gasteiger partial charge in [-0.3, -0.25) is 49.1 Å². The Hall–Kier alpha value is -5.67. The monoisotopic (exact) mass is 874 g/mol. The molecule has 5 atom stereocenters. The van der Waals surface area contributed by atoms with Crippen LogP contribution in [0.1, 0.15) is 67.5 Å². The molecule has 0 aromatic heterocycles. The number of ether oxygens (including phenoxy) is 1. The number of anilines is 1. The van der Waals surface area contributed by atoms with Crippen LogP contribution in [0.3, 0.4) is 0 Å². The molecule has 20 heteroatoms. The number of sulfonamides is 1. The zero-order chi connectivity index (χ0) is 43.3. The summed E-state index contributed by atoms with van der Waals surface area (Å²) in [5, 5.41) is 17.2. The van der Waals surface area contributed by atoms with Gasteiger partial charge in [-0.15, -0.1) is 11.8 Å². The molecule has 0 bridgehead atoms. The third-order valence-corrected chi connectivity index (χ3v) is 13.2. The maximum Gasteiger partial charge on any atom is 0.262 e. The second kappa shape index (κ2) is 18.9. The Kier molecular flexibility index (Phi) is 13.5. The number of carbonyl (C=O) groups excluding carboxylic acids is 7. The summed E-state index contributed by atoms with van der Waals surface area (Å²) in [6, 6.07) is 19.1. The molecule has 4 aliphatic rings. The van der Waals surface area contributed by atoms with Crippen molar-refractivity contribution in [1.29, 1.82) is 0 Å². The molecule has 322 valence electrons. The average molecular weight is 875 g/mol. The van der Waals surface area contributed by atoms with Gasteiger partial charge in [-0.1, -0.05) is 42.5 Å². The van der Waals surface area contributed by atoms with Crippen molar-refractivity contribution in [2.45, 2.75) is 49.5 Å². The number of piperidine rings is 1. The van der Waals surface area contributed by atoms with Gasteiger partial charge >= 0.3 is 0 Å². The number of amides is 7. The van der Waals surface area contributed by atoms with Crippen LogP contribution in [-0.4, -0.2) is 121 Å². The van der Waals surface area contributed by atoms with Gasteiger partial charge in [0.15, 0.2) is 0 Å². The van der Waals surface area contributed by atoms with E-state index in [1.165, 1.54) is 28.2 Å². The van der Waals surface area contributed by atoms with Gasteiger partial charge in [0.25, 0.3) is 17.7 Å². The molecule has 3 fully saturated rings. The molecule has 0 aliphatic carbocycles. The Morgan fingerprint density at radius 3 is 2.41 bits per heavy atom. The van der Waals surface area contributed by atoms with Crippen LogP contribution < -0.4 is 31.9 Å². The van der Waals surface area contributed by atoms with Crippen molar-refractivity contribution in [1.82, 2.24) is 35.8 Å². The van der Waals surface area contributed by atoms with Crippen LogP contribution in [0.15, 0.2) is 72.8 Å². The van der Waals surface area contributed by atoms with Crippen molar-refractivity contribution < 1.29 is 46.7 Å². The van der Waals surface area contributed by atoms with E-state index in [4.69, 9.17) is 4.74 Å². The van der Waals surface area contributed by atoms with Crippen molar-refractivity contribution >= 4 is 68.8 Å². The lowest BCUT2D eigenvalue weighted by atomic mass is 10.0. The smallest absolute Gasteiger partial charge is 0.262 e. The molecule has 3 aromatic rings. The van der Waals surface area contributed by atoms with Crippen LogP contribution in [0, 0.1) is 5.92 Å². The predicted molar refractivity (Wildman–Crippen MR) is 223 cm³/mol. The Balaban J connectivity index is 0.878. The van der Waals surface area contributed by atoms with Gasteiger partial charge in [0.05, 0.1) is 36.5 Å². The summed E-state index contributed by atoms with van der Waals surface area (Å²) in [4.78, 5) is 90.6. The number of hydrogen-bond donors (Lipinski definition) is 6. The quantitative estimate of drug-likeness (QED) is 0.0859. The average Bonchev–Trinajstić information content (AvgIpc) is 3.99. The van der Waals surface area contributed by atoms with Crippen molar-refractivity contribution in [3.8, 4) is 0 Å². The van der Waals surface area contributed by atoms with E-state index in [1.807, 2.05) is 30.3 Å². The maximum atomic E-state index is 13.6. The second-order valence-corrected chi connectivity index (χ2v) is 18.2. The van der Waals surface area contributed by atoms with E-state index in [0.717, 1.165) is 22.5 Å². The first-order valence-corrected chi connectivity index (χ1v) is 22.7. The summed E-state index contributed by atoms with van der Waals surface area (Å²) < 4.78 is 31.2. The minimum absolute atomic E-state index is 0.0270. The lowest BCUT2D eigenvalue weighted by Gasteiger charge is -2.27. The summed E-state index contributed by atoms with van der Waals surface area (Å²) in [5.74, 6) is -3.46. The fraction of sp³-hybridized carbons (Fsp3) is 0.390. The molecule has 3 saturated heterocycles. The van der Waals surface area contributed by atoms with E-state index in [-0.39, 0.29) is 68.8 Å². The number of nitrogens with one attached hydrogen (secondary N) is 6. The van der Waals surface area contributed by atoms with Crippen molar-refractivity contribution in [2.75, 3.05) is 50.1 Å². The summed E-state index contributed by atoms with van der Waals surface area (Å²) in [6.07, 6.45) is 1.52. The summed E-state index contributed by atoms with van der Waals surface area (Å²) in [6.45, 7) is 0.673. The molecule has 7 amide bonds. The topological polar surface area (TPSA) is 242 Å². The molecule has 0 saturated carbocycles. The van der Waals surface area contributed by atoms with E-state index >= 15 is 0 Å². The molecular weight excluding hydrogens is 829 g/mol. The molecule has 18 nitrogen and oxygen atoms in total. The summed E-state index contributed by atoms with van der Waals surface area (Å²) >= 11 is 1.53. The zero-order valence-electron chi connectivity index (χ0n) is 33.2. The fourth-order valence-electron chi connectivity index (χ4n) is 7.49. The van der Waals surface area contributed by atoms with Crippen molar-refractivity contribution in [3.05, 3.63) is 101 Å². The minimum Gasteiger partial charge on any atom is -0.383 e. The largest absolute Gasteiger partial charge is 0.383 e. The fourth-order valence-corrected chi connectivity index (χ4v) is 9.51. The van der Waals surface area contributed by atoms with Crippen LogP contribution in [0.2, 0.25) is 0 Å². The van der Waals surface area contributed by atoms with E-state index in [9.17, 15) is 42.0 Å². The predicted octanol–water partition coefficient (Wildman–Crippen LogP) is 0.690. The number of carbonyl (C=O) groups is 7. The molecule has 6 N–H and O–H groups in total. The van der Waals surface area contributed by atoms with Crippen LogP contribution in [-0.2, 0) is 40.5 Å². The third-order valence-electron chi connectivity index (χ3n) is 10.8. The van der Waals surface area contributed by atoms with Gasteiger partial charge in [-0.2, -0.15) is 0 Å². The minimum atomic E-state index is -3.46. The molecule has 4 unspecified atom stereocenters. The normalized spacial score (nSPS) is 22.1. The summed E-state index contributed by atoms with van der Waals surface area (Å²) in [5.41, 5.74) is 2.62. The molecule has 4 aliphatic heterocycles. The highest BCUT2D eigenvalue weighted by Gasteiger charge is 2.44. The first-order valence-electron chi connectivity index (χ1n) is 19.8. The van der Waals surface area contributed by atoms with E-state index in [2.05, 4.69) is 31.9 Å². The van der Waals surface area contributed by atoms with Gasteiger partial charge in [0.2, 0.25) is 33.7 Å². The lowest BCUT2D eigenvalue weighted by Crippen LogP contribution is -2.54. The Morgan fingerprint density at radius 2 is 1.69 bits per heavy atom. The van der Waals surface area contributed by atoms with Crippen molar-refractivity contribution in [2.24, 2.45) is 5.92 Å². The van der Waals surface area contributed by atoms with Crippen LogP contribution in [0.4, 0.5) is 5.69 Å². The molecule has 3 aromatic carbocycles. The number of thioether (sulfide) groups is 1. The van der Waals surface area contributed by atoms with Gasteiger partial charge in [0, 0.05) is 55.6 Å². The molecule has 4 heterocycles. The van der Waals surface area contributed by atoms with Crippen LogP contribution >= 0.6 is 11.8 Å². The number of fused-ring (bicyclic) bond motifs is 1. The van der Waals surface area contributed by atoms with Gasteiger partial charge in [0.1, 0.15) is 17.6 Å². The maximum absolute atomic E-state index is 13.6. The second-order valence-electron chi connectivity index (χ2n) is 15.1. The van der Waals surface area contributed by atoms with Crippen LogP contribution in [0.5, 0.6) is 0 Å². The van der Waals surface area contributed by atoms with Crippen LogP contribution in [0.25, 0.3) is 0 Å². The Morgan fingerprint density at radius 1 is 0.934 bits per heavy atom. The van der Waals surface area contributed by atoms with E-state index < -0.39 is 69.0 Å². The van der Waals surface area contributed by atoms with Crippen molar-refractivity contribution in [3.63, 3.8) is 0 Å². The molecule has 61 heavy (non-hydrogen) atoms. The van der Waals surface area contributed by atoms with E-state index in [1.54, 1.807) is 30.3 Å². The first-order chi connectivity index (χ1) is 29.2. The number of hydrogen-bond acceptors (Lipinski definition) is 13. The third kappa shape index (κ3) is 10.4. The lowest BCUT2D eigenvalue weighted by molar-refractivity contribution is -0.136. The highest BCUT2D eigenvalue weighted by atomic mass is 32.2. The highest BCUT2D eigenvalue weighted by Crippen LogP contribution is 2.30. The van der Waals surface area contributed by atoms with Gasteiger partial charge in [-0.25, -0.2) is 12.7 Å². The molecule has 0 spiro atoms. The summed E-state index contributed by atoms with van der Waals surface area (Å²) in [7, 11) is -3.46. The number of rotatable bonds is 16. The molecular formula is C41H46N8O10S2.